The van der Waals surface area contributed by atoms with E-state index in [-0.39, 0.29) is 0 Å². The number of hydrogen-bond donors (Lipinski definition) is 0. The molecule has 0 N–H and O–H groups in total. The minimum atomic E-state index is -1.17. The molecule has 122 valence electrons. The molecule has 1 unspecified atom stereocenters. The lowest BCUT2D eigenvalue weighted by molar-refractivity contribution is -0.117. The molecule has 0 radical (unpaired) electrons. The monoisotopic (exact) mass is 308 g/mol. The Balaban J connectivity index is 3.17. The van der Waals surface area contributed by atoms with E-state index in [1.807, 2.05) is 6.92 Å². The van der Waals surface area contributed by atoms with Crippen LogP contribution < -0.4 is 4.74 Å². The maximum Gasteiger partial charge on any atom is 0.411 e. The van der Waals surface area contributed by atoms with Crippen LogP contribution in [0.4, 0.5) is 4.79 Å². The van der Waals surface area contributed by atoms with Crippen LogP contribution in [0.3, 0.4) is 0 Å². The van der Waals surface area contributed by atoms with Gasteiger partial charge in [-0.1, -0.05) is 0 Å². The van der Waals surface area contributed by atoms with Gasteiger partial charge < -0.3 is 14.3 Å². The lowest BCUT2D eigenvalue weighted by atomic mass is 9.93. The number of aryl methyl sites for hydroxylation is 1. The van der Waals surface area contributed by atoms with Crippen LogP contribution in [-0.4, -0.2) is 42.0 Å². The summed E-state index contributed by atoms with van der Waals surface area (Å²) in [6, 6.07) is 1.78. The van der Waals surface area contributed by atoms with Crippen LogP contribution in [0.2, 0.25) is 0 Å². The first kappa shape index (κ1) is 17.9. The molecule has 1 heterocycles. The lowest BCUT2D eigenvalue weighted by Crippen LogP contribution is -2.48. The van der Waals surface area contributed by atoms with Gasteiger partial charge in [-0.05, 0) is 40.7 Å². The van der Waals surface area contributed by atoms with E-state index in [0.717, 1.165) is 5.56 Å². The molecule has 0 bridgehead atoms. The summed E-state index contributed by atoms with van der Waals surface area (Å²) in [4.78, 5) is 29.4. The maximum absolute atomic E-state index is 12.2. The molecule has 0 aliphatic carbocycles. The molecule has 6 heteroatoms. The second-order valence-corrected chi connectivity index (χ2v) is 6.35. The number of likely N-dealkylation sites (N-methyl/N-ethyl adjacent to an activating group) is 1. The fraction of sp³-hybridized carbons (Fsp3) is 0.562. The molecule has 0 spiro atoms. The normalized spacial score (nSPS) is 14.0. The Hall–Kier alpha value is -2.11. The molecule has 1 aromatic heterocycles. The van der Waals surface area contributed by atoms with Crippen molar-refractivity contribution in [2.75, 3.05) is 14.2 Å². The molecule has 0 aromatic carbocycles. The number of aromatic nitrogens is 1. The molecular weight excluding hydrogens is 284 g/mol. The third-order valence-electron chi connectivity index (χ3n) is 3.40. The summed E-state index contributed by atoms with van der Waals surface area (Å²) in [6.07, 6.45) is 1.66. The van der Waals surface area contributed by atoms with E-state index in [1.54, 1.807) is 33.8 Å². The number of pyridine rings is 1. The van der Waals surface area contributed by atoms with Crippen molar-refractivity contribution in [3.63, 3.8) is 0 Å². The van der Waals surface area contributed by atoms with Gasteiger partial charge in [0.2, 0.25) is 5.88 Å². The number of methoxy groups -OCH3 is 1. The van der Waals surface area contributed by atoms with E-state index >= 15 is 0 Å². The van der Waals surface area contributed by atoms with Crippen molar-refractivity contribution in [2.24, 2.45) is 0 Å². The fourth-order valence-corrected chi connectivity index (χ4v) is 1.91. The first-order chi connectivity index (χ1) is 10.0. The van der Waals surface area contributed by atoms with E-state index in [2.05, 4.69) is 4.98 Å². The molecule has 6 nitrogen and oxygen atoms in total. The van der Waals surface area contributed by atoms with Crippen LogP contribution in [0.15, 0.2) is 12.3 Å². The van der Waals surface area contributed by atoms with E-state index in [0.29, 0.717) is 17.7 Å². The molecule has 1 atom stereocenters. The summed E-state index contributed by atoms with van der Waals surface area (Å²) in [5.74, 6) is 0.483. The Morgan fingerprint density at radius 3 is 2.32 bits per heavy atom. The fourth-order valence-electron chi connectivity index (χ4n) is 1.91. The molecule has 0 fully saturated rings. The minimum Gasteiger partial charge on any atom is -0.481 e. The zero-order chi connectivity index (χ0) is 17.1. The Morgan fingerprint density at radius 2 is 1.91 bits per heavy atom. The lowest BCUT2D eigenvalue weighted by Gasteiger charge is -2.35. The number of rotatable bonds is 4. The summed E-state index contributed by atoms with van der Waals surface area (Å²) in [6.45, 7) is 8.79. The largest absolute Gasteiger partial charge is 0.481 e. The zero-order valence-corrected chi connectivity index (χ0v) is 14.3. The van der Waals surface area contributed by atoms with Crippen LogP contribution in [0.25, 0.3) is 0 Å². The predicted octanol–water partition coefficient (Wildman–Crippen LogP) is 2.68. The van der Waals surface area contributed by atoms with Gasteiger partial charge in [0.05, 0.1) is 7.11 Å². The first-order valence-corrected chi connectivity index (χ1v) is 6.99. The Morgan fingerprint density at radius 1 is 1.32 bits per heavy atom. The highest BCUT2D eigenvalue weighted by atomic mass is 16.6. The van der Waals surface area contributed by atoms with Gasteiger partial charge in [-0.25, -0.2) is 9.78 Å². The first-order valence-electron chi connectivity index (χ1n) is 6.99. The predicted molar refractivity (Wildman–Crippen MR) is 82.9 cm³/mol. The standard InChI is InChI=1S/C16H24N2O4/c1-11-8-12(9-17-13(11)21-7)16(5,10-19)18(6)14(20)22-15(2,3)4/h8-10H,1-7H3. The van der Waals surface area contributed by atoms with Gasteiger partial charge in [0, 0.05) is 24.4 Å². The summed E-state index contributed by atoms with van der Waals surface area (Å²) < 4.78 is 10.4. The number of hydrogen-bond acceptors (Lipinski definition) is 5. The number of carbonyl (C=O) groups is 2. The molecular formula is C16H24N2O4. The molecule has 1 rings (SSSR count). The Kier molecular flexibility index (Phi) is 5.17. The van der Waals surface area contributed by atoms with Gasteiger partial charge in [-0.2, -0.15) is 0 Å². The average Bonchev–Trinajstić information content (AvgIpc) is 2.43. The van der Waals surface area contributed by atoms with Crippen LogP contribution in [0.1, 0.15) is 38.8 Å². The van der Waals surface area contributed by atoms with E-state index in [1.165, 1.54) is 25.3 Å². The average molecular weight is 308 g/mol. The van der Waals surface area contributed by atoms with Gasteiger partial charge >= 0.3 is 6.09 Å². The summed E-state index contributed by atoms with van der Waals surface area (Å²) >= 11 is 0. The highest BCUT2D eigenvalue weighted by Gasteiger charge is 2.37. The summed E-state index contributed by atoms with van der Waals surface area (Å²) in [7, 11) is 3.06. The van der Waals surface area contributed by atoms with Gasteiger partial charge in [0.15, 0.2) is 0 Å². The van der Waals surface area contributed by atoms with Crippen LogP contribution in [-0.2, 0) is 15.1 Å². The Bertz CT molecular complexity index is 566. The maximum atomic E-state index is 12.2. The second kappa shape index (κ2) is 6.34. The minimum absolute atomic E-state index is 0.483. The molecule has 0 saturated heterocycles. The van der Waals surface area contributed by atoms with Crippen molar-refractivity contribution in [1.82, 2.24) is 9.88 Å². The number of aldehydes is 1. The van der Waals surface area contributed by atoms with Crippen molar-refractivity contribution in [3.8, 4) is 5.88 Å². The summed E-state index contributed by atoms with van der Waals surface area (Å²) in [5, 5.41) is 0. The van der Waals surface area contributed by atoms with Gasteiger partial charge in [0.25, 0.3) is 0 Å². The van der Waals surface area contributed by atoms with E-state index < -0.39 is 17.2 Å². The van der Waals surface area contributed by atoms with Crippen molar-refractivity contribution in [3.05, 3.63) is 23.4 Å². The SMILES string of the molecule is COc1ncc(C(C)(C=O)N(C)C(=O)OC(C)(C)C)cc1C. The second-order valence-electron chi connectivity index (χ2n) is 6.35. The van der Waals surface area contributed by atoms with Crippen molar-refractivity contribution >= 4 is 12.4 Å². The molecule has 0 aliphatic rings. The van der Waals surface area contributed by atoms with Gasteiger partial charge in [0.1, 0.15) is 17.4 Å². The van der Waals surface area contributed by atoms with E-state index in [4.69, 9.17) is 9.47 Å². The van der Waals surface area contributed by atoms with Crippen molar-refractivity contribution in [1.29, 1.82) is 0 Å². The van der Waals surface area contributed by atoms with Gasteiger partial charge in [-0.15, -0.1) is 0 Å². The highest BCUT2D eigenvalue weighted by molar-refractivity contribution is 5.77. The van der Waals surface area contributed by atoms with Crippen LogP contribution in [0, 0.1) is 6.92 Å². The number of nitrogens with zero attached hydrogens (tertiary/aromatic N) is 2. The third kappa shape index (κ3) is 3.75. The quantitative estimate of drug-likeness (QED) is 0.800. The number of ether oxygens (including phenoxy) is 2. The smallest absolute Gasteiger partial charge is 0.411 e. The van der Waals surface area contributed by atoms with E-state index in [9.17, 15) is 9.59 Å². The Labute approximate surface area is 131 Å². The van der Waals surface area contributed by atoms with Crippen molar-refractivity contribution < 1.29 is 19.1 Å². The molecule has 0 aliphatic heterocycles. The van der Waals surface area contributed by atoms with Crippen molar-refractivity contribution in [2.45, 2.75) is 45.8 Å². The summed E-state index contributed by atoms with van der Waals surface area (Å²) in [5.41, 5.74) is -0.435. The van der Waals surface area contributed by atoms with Crippen LogP contribution in [0.5, 0.6) is 5.88 Å². The number of carbonyl (C=O) groups excluding carboxylic acids is 2. The van der Waals surface area contributed by atoms with Crippen LogP contribution >= 0.6 is 0 Å². The topological polar surface area (TPSA) is 68.7 Å². The van der Waals surface area contributed by atoms with Gasteiger partial charge in [-0.3, -0.25) is 4.90 Å². The molecule has 0 saturated carbocycles. The third-order valence-corrected chi connectivity index (χ3v) is 3.40. The highest BCUT2D eigenvalue weighted by Crippen LogP contribution is 2.28. The number of amides is 1. The molecule has 1 aromatic rings. The molecule has 1 amide bonds. The zero-order valence-electron chi connectivity index (χ0n) is 14.3. The molecule has 22 heavy (non-hydrogen) atoms.